The van der Waals surface area contributed by atoms with Crippen molar-refractivity contribution >= 4 is 23.1 Å². The fraction of sp³-hybridized carbons (Fsp3) is 0.318. The van der Waals surface area contributed by atoms with Gasteiger partial charge in [-0.3, -0.25) is 14.6 Å². The van der Waals surface area contributed by atoms with E-state index in [4.69, 9.17) is 5.73 Å². The number of ketones is 1. The first-order chi connectivity index (χ1) is 13.4. The Balaban J connectivity index is 2.39. The summed E-state index contributed by atoms with van der Waals surface area (Å²) in [7, 11) is 0. The molecule has 0 radical (unpaired) electrons. The van der Waals surface area contributed by atoms with Crippen molar-refractivity contribution in [1.29, 1.82) is 0 Å². The summed E-state index contributed by atoms with van der Waals surface area (Å²) in [5.41, 5.74) is 7.95. The number of amides is 1. The molecule has 6 heteroatoms. The molecule has 28 heavy (non-hydrogen) atoms. The van der Waals surface area contributed by atoms with Crippen molar-refractivity contribution in [2.24, 2.45) is 10.7 Å². The summed E-state index contributed by atoms with van der Waals surface area (Å²) in [6.07, 6.45) is 0.629. The molecule has 0 saturated heterocycles. The molecule has 0 aliphatic heterocycles. The average molecular weight is 383 g/mol. The molecule has 0 heterocycles. The lowest BCUT2D eigenvalue weighted by molar-refractivity contribution is 0.0727. The smallest absolute Gasteiger partial charge is 0.254 e. The molecular weight excluding hydrogens is 357 g/mol. The topological polar surface area (TPSA) is 75.8 Å². The quantitative estimate of drug-likeness (QED) is 0.553. The number of carbonyl (C=O) groups is 2. The van der Waals surface area contributed by atoms with Crippen LogP contribution >= 0.6 is 0 Å². The van der Waals surface area contributed by atoms with Gasteiger partial charge >= 0.3 is 0 Å². The van der Waals surface area contributed by atoms with Gasteiger partial charge in [0.2, 0.25) is 0 Å². The largest absolute Gasteiger partial charge is 0.329 e. The van der Waals surface area contributed by atoms with Gasteiger partial charge in [0.05, 0.1) is 11.7 Å². The van der Waals surface area contributed by atoms with Crippen molar-refractivity contribution in [2.75, 3.05) is 13.1 Å². The van der Waals surface area contributed by atoms with Crippen LogP contribution in [0.15, 0.2) is 53.5 Å². The van der Waals surface area contributed by atoms with Crippen molar-refractivity contribution in [3.05, 3.63) is 65.5 Å². The van der Waals surface area contributed by atoms with E-state index in [-0.39, 0.29) is 17.7 Å². The number of nitrogens with two attached hydrogens (primary N) is 1. The second-order valence-corrected chi connectivity index (χ2v) is 6.54. The van der Waals surface area contributed by atoms with Crippen molar-refractivity contribution < 1.29 is 14.0 Å². The zero-order valence-electron chi connectivity index (χ0n) is 16.5. The number of aliphatic imine (C=N–C) groups is 1. The molecule has 1 amide bonds. The highest BCUT2D eigenvalue weighted by Gasteiger charge is 2.25. The number of benzene rings is 2. The Hall–Kier alpha value is -2.86. The maximum atomic E-state index is 13.2. The normalized spacial score (nSPS) is 12.5. The van der Waals surface area contributed by atoms with Gasteiger partial charge in [-0.25, -0.2) is 4.39 Å². The molecule has 2 rings (SSSR count). The van der Waals surface area contributed by atoms with E-state index in [1.807, 2.05) is 19.9 Å². The van der Waals surface area contributed by atoms with Crippen LogP contribution in [-0.2, 0) is 0 Å². The Morgan fingerprint density at radius 1 is 1.11 bits per heavy atom. The Bertz CT molecular complexity index is 862. The van der Waals surface area contributed by atoms with Gasteiger partial charge < -0.3 is 10.6 Å². The number of Topliss-reactive ketones (excluding diaryl/α,β-unsaturated/α-hetero) is 1. The molecule has 0 bridgehead atoms. The van der Waals surface area contributed by atoms with E-state index >= 15 is 0 Å². The predicted octanol–water partition coefficient (Wildman–Crippen LogP) is 4.00. The van der Waals surface area contributed by atoms with Gasteiger partial charge in [-0.05, 0) is 56.7 Å². The van der Waals surface area contributed by atoms with E-state index in [1.165, 1.54) is 31.2 Å². The van der Waals surface area contributed by atoms with E-state index in [0.29, 0.717) is 42.0 Å². The molecule has 1 atom stereocenters. The number of para-hydroxylation sites is 1. The highest BCUT2D eigenvalue weighted by molar-refractivity contribution is 6.02. The number of rotatable bonds is 8. The van der Waals surface area contributed by atoms with Crippen molar-refractivity contribution in [3.8, 4) is 0 Å². The van der Waals surface area contributed by atoms with Crippen molar-refractivity contribution in [1.82, 2.24) is 4.90 Å². The summed E-state index contributed by atoms with van der Waals surface area (Å²) in [5, 5.41) is 0. The lowest BCUT2D eigenvalue weighted by atomic mass is 10.0. The molecule has 2 aromatic rings. The summed E-state index contributed by atoms with van der Waals surface area (Å²) in [6.45, 7) is 5.94. The van der Waals surface area contributed by atoms with Gasteiger partial charge in [-0.15, -0.1) is 0 Å². The standard InChI is InChI=1S/C22H26FN3O2/c1-4-21(15(2)25-20-8-6-5-7-19(20)16(3)27)26(14-13-24)22(28)17-9-11-18(23)12-10-17/h5-12,21H,4,13-14,24H2,1-3H3. The van der Waals surface area contributed by atoms with Crippen molar-refractivity contribution in [2.45, 2.75) is 33.2 Å². The zero-order valence-corrected chi connectivity index (χ0v) is 16.5. The van der Waals surface area contributed by atoms with Crippen LogP contribution in [-0.4, -0.2) is 41.4 Å². The first-order valence-electron chi connectivity index (χ1n) is 9.30. The Morgan fingerprint density at radius 3 is 2.32 bits per heavy atom. The second kappa shape index (κ2) is 9.90. The van der Waals surface area contributed by atoms with Crippen molar-refractivity contribution in [3.63, 3.8) is 0 Å². The second-order valence-electron chi connectivity index (χ2n) is 6.54. The molecule has 2 N–H and O–H groups in total. The molecule has 2 aromatic carbocycles. The summed E-state index contributed by atoms with van der Waals surface area (Å²) >= 11 is 0. The highest BCUT2D eigenvalue weighted by atomic mass is 19.1. The lowest BCUT2D eigenvalue weighted by Gasteiger charge is -2.31. The summed E-state index contributed by atoms with van der Waals surface area (Å²) in [4.78, 5) is 31.2. The molecule has 148 valence electrons. The number of hydrogen-bond donors (Lipinski definition) is 1. The molecule has 0 fully saturated rings. The minimum atomic E-state index is -0.396. The number of nitrogens with zero attached hydrogens (tertiary/aromatic N) is 2. The summed E-state index contributed by atoms with van der Waals surface area (Å²) < 4.78 is 13.2. The van der Waals surface area contributed by atoms with E-state index in [9.17, 15) is 14.0 Å². The maximum Gasteiger partial charge on any atom is 0.254 e. The predicted molar refractivity (Wildman–Crippen MR) is 110 cm³/mol. The van der Waals surface area contributed by atoms with Crippen LogP contribution in [0.1, 0.15) is 47.9 Å². The van der Waals surface area contributed by atoms with Gasteiger partial charge in [-0.1, -0.05) is 19.1 Å². The van der Waals surface area contributed by atoms with Gasteiger partial charge in [0.1, 0.15) is 5.82 Å². The lowest BCUT2D eigenvalue weighted by Crippen LogP contribution is -2.46. The fourth-order valence-electron chi connectivity index (χ4n) is 3.17. The summed E-state index contributed by atoms with van der Waals surface area (Å²) in [5.74, 6) is -0.694. The third-order valence-electron chi connectivity index (χ3n) is 4.55. The van der Waals surface area contributed by atoms with E-state index in [2.05, 4.69) is 4.99 Å². The van der Waals surface area contributed by atoms with E-state index < -0.39 is 5.82 Å². The minimum Gasteiger partial charge on any atom is -0.329 e. The Kier molecular flexibility index (Phi) is 7.58. The van der Waals surface area contributed by atoms with E-state index in [0.717, 1.165) is 0 Å². The maximum absolute atomic E-state index is 13.2. The van der Waals surface area contributed by atoms with Gasteiger partial charge in [0.25, 0.3) is 5.91 Å². The number of hydrogen-bond acceptors (Lipinski definition) is 4. The number of halogens is 1. The first kappa shape index (κ1) is 21.4. The van der Waals surface area contributed by atoms with Crippen LogP contribution in [0.25, 0.3) is 0 Å². The Labute approximate surface area is 165 Å². The molecule has 0 saturated carbocycles. The molecular formula is C22H26FN3O2. The summed E-state index contributed by atoms with van der Waals surface area (Å²) in [6, 6.07) is 12.3. The fourth-order valence-corrected chi connectivity index (χ4v) is 3.17. The van der Waals surface area contributed by atoms with Gasteiger partial charge in [-0.2, -0.15) is 0 Å². The first-order valence-corrected chi connectivity index (χ1v) is 9.30. The molecule has 0 aromatic heterocycles. The van der Waals surface area contributed by atoms with Crippen LogP contribution in [0, 0.1) is 5.82 Å². The van der Waals surface area contributed by atoms with Crippen LogP contribution in [0.2, 0.25) is 0 Å². The Morgan fingerprint density at radius 2 is 1.75 bits per heavy atom. The number of carbonyl (C=O) groups excluding carboxylic acids is 2. The van der Waals surface area contributed by atoms with Crippen LogP contribution < -0.4 is 5.73 Å². The van der Waals surface area contributed by atoms with Gasteiger partial charge in [0, 0.05) is 29.9 Å². The molecule has 1 unspecified atom stereocenters. The van der Waals surface area contributed by atoms with Crippen LogP contribution in [0.5, 0.6) is 0 Å². The molecule has 0 aliphatic rings. The molecule has 5 nitrogen and oxygen atoms in total. The molecule has 0 aliphatic carbocycles. The van der Waals surface area contributed by atoms with Crippen LogP contribution in [0.3, 0.4) is 0 Å². The van der Waals surface area contributed by atoms with E-state index in [1.54, 1.807) is 23.1 Å². The average Bonchev–Trinajstić information content (AvgIpc) is 2.68. The third-order valence-corrected chi connectivity index (χ3v) is 4.55. The van der Waals surface area contributed by atoms with Crippen LogP contribution in [0.4, 0.5) is 10.1 Å². The van der Waals surface area contributed by atoms with Gasteiger partial charge in [0.15, 0.2) is 5.78 Å². The zero-order chi connectivity index (χ0) is 20.7. The monoisotopic (exact) mass is 383 g/mol. The third kappa shape index (κ3) is 5.10. The highest BCUT2D eigenvalue weighted by Crippen LogP contribution is 2.22. The molecule has 0 spiro atoms. The minimum absolute atomic E-state index is 0.0681. The SMILES string of the molecule is CCC(C(C)=Nc1ccccc1C(C)=O)N(CCN)C(=O)c1ccc(F)cc1.